The van der Waals surface area contributed by atoms with Gasteiger partial charge in [-0.05, 0) is 211 Å². The molecule has 4 fully saturated rings. The first-order chi connectivity index (χ1) is 61.1. The first-order valence-corrected chi connectivity index (χ1v) is 44.4. The molecule has 0 unspecified atom stereocenters. The Kier molecular flexibility index (Phi) is 54.8. The molecule has 4 aromatic heterocycles. The number of aromatic nitrogens is 4. The number of alkyl halides is 1. The van der Waals surface area contributed by atoms with E-state index >= 15 is 0 Å². The monoisotopic (exact) mass is 1940 g/mol. The third-order valence-corrected chi connectivity index (χ3v) is 22.8. The molecule has 4 saturated heterocycles. The number of carbonyl (C=O) groups excluding carboxylic acids is 2. The van der Waals surface area contributed by atoms with Gasteiger partial charge in [-0.25, -0.2) is 0 Å². The van der Waals surface area contributed by atoms with Gasteiger partial charge < -0.3 is 79.4 Å². The average Bonchev–Trinajstić information content (AvgIpc) is 1.59. The molecule has 0 saturated carbocycles. The number of carbonyl (C=O) groups is 2. The van der Waals surface area contributed by atoms with Crippen molar-refractivity contribution in [2.75, 3.05) is 97.2 Å². The van der Waals surface area contributed by atoms with Gasteiger partial charge in [-0.3, -0.25) is 29.5 Å². The molecule has 0 atom stereocenters. The zero-order chi connectivity index (χ0) is 86.7. The smallest absolute Gasteiger partial charge is 0.662 e. The molecule has 0 bridgehead atoms. The summed E-state index contributed by atoms with van der Waals surface area (Å²) in [6, 6.07) is 65.0. The number of likely N-dealkylation sites (tertiary alicyclic amines) is 2. The Morgan fingerprint density at radius 2 is 0.734 bits per heavy atom. The molecule has 654 valence electrons. The Morgan fingerprint density at radius 3 is 1.10 bits per heavy atom. The summed E-state index contributed by atoms with van der Waals surface area (Å²) in [7, 11) is 0. The SMILES string of the molecule is CCCCOc1ccc(Cl)cc1.Clc1ccc(OCCCN2CCC(=C3c4ccccc4OCc4ncccc43)CC2)cc1.O=CO[O-].O=CO[O-].OCCCBr.OCCCN1CCC(=C2c3ccccc3OCc3cccnc32)CC1.[K+].[K+].[K].[K].c1ccc2c(c1)OCc1ncccc1C2=C1CCNCC1.c1cnc2c(c1)COc1ccccc1C2=C1CCNCC1. The normalized spacial score (nSPS) is 14.8. The number of ether oxygens (including phenoxy) is 6. The Morgan fingerprint density at radius 1 is 0.414 bits per heavy atom. The van der Waals surface area contributed by atoms with Crippen LogP contribution in [0.4, 0.5) is 0 Å². The van der Waals surface area contributed by atoms with Crippen LogP contribution < -0.4 is 152 Å². The second-order valence-corrected chi connectivity index (χ2v) is 31.5. The van der Waals surface area contributed by atoms with E-state index < -0.39 is 0 Å². The number of nitrogens with zero attached hydrogens (tertiary/aromatic N) is 6. The first-order valence-electron chi connectivity index (χ1n) is 42.5. The van der Waals surface area contributed by atoms with Gasteiger partial charge in [0.15, 0.2) is 0 Å². The van der Waals surface area contributed by atoms with Gasteiger partial charge in [-0.15, -0.1) is 0 Å². The number of unbranched alkanes of at least 4 members (excludes halogenated alkanes) is 1. The van der Waals surface area contributed by atoms with Gasteiger partial charge in [-0.2, -0.15) is 0 Å². The number of halogens is 3. The number of piperidine rings is 4. The molecule has 22 nitrogen and oxygen atoms in total. The molecule has 0 spiro atoms. The molecule has 10 aromatic rings. The number of fused-ring (bicyclic) bond motifs is 8. The van der Waals surface area contributed by atoms with Crippen LogP contribution in [0.2, 0.25) is 10.0 Å². The summed E-state index contributed by atoms with van der Waals surface area (Å²) in [5.74, 6) is 5.61. The summed E-state index contributed by atoms with van der Waals surface area (Å²) in [5.41, 5.74) is 25.0. The zero-order valence-corrected chi connectivity index (χ0v) is 89.8. The third kappa shape index (κ3) is 34.3. The van der Waals surface area contributed by atoms with Crippen molar-refractivity contribution in [2.24, 2.45) is 0 Å². The number of rotatable bonds is 16. The summed E-state index contributed by atoms with van der Waals surface area (Å²) < 4.78 is 35.4. The van der Waals surface area contributed by atoms with E-state index in [0.29, 0.717) is 33.0 Å². The molecule has 128 heavy (non-hydrogen) atoms. The summed E-state index contributed by atoms with van der Waals surface area (Å²) in [6.07, 6.45) is 21.0. The largest absolute Gasteiger partial charge is 1.00 e. The van der Waals surface area contributed by atoms with E-state index in [1.807, 2.05) is 122 Å². The predicted octanol–water partition coefficient (Wildman–Crippen LogP) is 9.97. The molecule has 0 amide bonds. The van der Waals surface area contributed by atoms with E-state index in [0.717, 1.165) is 240 Å². The van der Waals surface area contributed by atoms with Gasteiger partial charge in [0, 0.05) is 251 Å². The van der Waals surface area contributed by atoms with E-state index in [9.17, 15) is 0 Å². The van der Waals surface area contributed by atoms with E-state index in [1.165, 1.54) is 83.5 Å². The molecule has 29 heteroatoms. The zero-order valence-electron chi connectivity index (χ0n) is 74.2. The molecule has 6 aromatic carbocycles. The standard InChI is InChI=1S/C27H27ClN2O2.C21H24N2O2.2C18H18N2O.C10H13ClO.C3H7BrO.2CH2O3.4K/c28-21-8-10-22(11-9-21)31-18-4-15-30-16-12-20(13-17-30)27-23-6-3-14-29-25(23)19-32-26-7-2-1-5-24(26)27;24-14-4-11-23-12-8-16(9-13-23)20-18-6-1-2-7-19(18)25-15-17-5-3-10-22-21(17)20;1-2-6-16-15(5-1)17(13-7-10-19-11-8-13)18-14(12-21-16)4-3-9-20-18;1-2-6-17-15(4-1)18(13-7-10-19-11-8-13)14-5-3-9-20-16(14)12-21-17;1-2-3-8-12-10-6-4-9(11)5-7-10;4-2-1-3-5;2*2-1-4-3;;;;/h1-3,5-11,14H,4,12-13,15-19H2;1-3,5-7,10,24H,4,8-9,11-15H2;2*1-6,9,19H,7-8,10-12H2;4-7H,2-3,8H2,1H3;5H,1-3H2;2*1,3H;;;;/q;;;;;;;;;;2*+1/p-2. The van der Waals surface area contributed by atoms with Gasteiger partial charge in [0.25, 0.3) is 12.9 Å². The molecule has 0 aliphatic carbocycles. The topological polar surface area (TPSA) is 277 Å². The van der Waals surface area contributed by atoms with Crippen LogP contribution in [0.1, 0.15) is 158 Å². The Hall–Kier alpha value is -4.09. The molecule has 2 radical (unpaired) electrons. The average molecular weight is 1940 g/mol. The van der Waals surface area contributed by atoms with E-state index in [-0.39, 0.29) is 225 Å². The molecule has 18 rings (SSSR count). The van der Waals surface area contributed by atoms with Crippen LogP contribution in [0.3, 0.4) is 0 Å². The summed E-state index contributed by atoms with van der Waals surface area (Å²) in [6.45, 7) is 16.5. The molecular formula is C99H109BrCl2K4N8O14. The summed E-state index contributed by atoms with van der Waals surface area (Å²) in [4.78, 5) is 46.0. The first kappa shape index (κ1) is 111. The summed E-state index contributed by atoms with van der Waals surface area (Å²) >= 11 is 14.8. The van der Waals surface area contributed by atoms with Crippen molar-refractivity contribution < 1.29 is 171 Å². The minimum Gasteiger partial charge on any atom is -0.662 e. The maximum atomic E-state index is 9.04. The van der Waals surface area contributed by atoms with Crippen LogP contribution in [0.15, 0.2) is 241 Å². The fourth-order valence-electron chi connectivity index (χ4n) is 15.7. The number of benzene rings is 6. The Labute approximate surface area is 941 Å². The molecule has 12 heterocycles. The van der Waals surface area contributed by atoms with Crippen LogP contribution in [0.25, 0.3) is 22.3 Å². The van der Waals surface area contributed by atoms with Gasteiger partial charge in [0.2, 0.25) is 0 Å². The fourth-order valence-corrected chi connectivity index (χ4v) is 16.2. The third-order valence-electron chi connectivity index (χ3n) is 21.7. The number of hydrogen-bond donors (Lipinski definition) is 4. The van der Waals surface area contributed by atoms with Crippen molar-refractivity contribution in [2.45, 2.75) is 117 Å². The van der Waals surface area contributed by atoms with Crippen molar-refractivity contribution in [3.63, 3.8) is 0 Å². The Bertz CT molecular complexity index is 4790. The number of nitrogens with one attached hydrogen (secondary N) is 2. The van der Waals surface area contributed by atoms with Crippen molar-refractivity contribution in [1.82, 2.24) is 40.4 Å². The molecular weight excluding hydrogens is 1830 g/mol. The van der Waals surface area contributed by atoms with Crippen molar-refractivity contribution >= 4 is 177 Å². The van der Waals surface area contributed by atoms with E-state index in [4.69, 9.17) is 86.9 Å². The van der Waals surface area contributed by atoms with Crippen LogP contribution in [0, 0.1) is 0 Å². The predicted molar refractivity (Wildman–Crippen MR) is 496 cm³/mol. The van der Waals surface area contributed by atoms with E-state index in [2.05, 4.69) is 165 Å². The van der Waals surface area contributed by atoms with Crippen molar-refractivity contribution in [3.05, 3.63) is 319 Å². The molecule has 4 N–H and O–H groups in total. The van der Waals surface area contributed by atoms with E-state index in [1.54, 1.807) is 0 Å². The van der Waals surface area contributed by atoms with Crippen LogP contribution in [0.5, 0.6) is 34.5 Å². The van der Waals surface area contributed by atoms with Crippen LogP contribution in [-0.2, 0) is 45.8 Å². The number of aliphatic hydroxyl groups is 2. The van der Waals surface area contributed by atoms with Gasteiger partial charge in [-0.1, -0.05) is 172 Å². The number of pyridine rings is 4. The van der Waals surface area contributed by atoms with Gasteiger partial charge in [0.1, 0.15) is 60.9 Å². The minimum absolute atomic E-state index is 0. The minimum atomic E-state index is -0.181. The second-order valence-electron chi connectivity index (χ2n) is 29.8. The number of aliphatic hydroxyl groups excluding tert-OH is 2. The second kappa shape index (κ2) is 63.3. The Balaban J connectivity index is 0.000000214. The summed E-state index contributed by atoms with van der Waals surface area (Å²) in [5, 5.41) is 43.2. The van der Waals surface area contributed by atoms with Crippen molar-refractivity contribution in [1.29, 1.82) is 0 Å². The fraction of sp³-hybridized carbons (Fsp3) is 0.333. The maximum Gasteiger partial charge on any atom is 1.00 e. The molecule has 8 aliphatic rings. The van der Waals surface area contributed by atoms with Crippen LogP contribution in [-0.4, -0.2) is 253 Å². The van der Waals surface area contributed by atoms with Crippen LogP contribution >= 0.6 is 39.1 Å². The van der Waals surface area contributed by atoms with Gasteiger partial charge >= 0.3 is 103 Å². The number of hydrogen-bond acceptors (Lipinski definition) is 22. The van der Waals surface area contributed by atoms with Crippen molar-refractivity contribution in [3.8, 4) is 34.5 Å². The maximum absolute atomic E-state index is 9.04. The quantitative estimate of drug-likeness (QED) is 0.0175. The molecule has 8 aliphatic heterocycles. The van der Waals surface area contributed by atoms with Gasteiger partial charge in [0.05, 0.1) is 36.0 Å². The number of para-hydroxylation sites is 4.